The lowest BCUT2D eigenvalue weighted by Crippen LogP contribution is -2.38. The normalized spacial score (nSPS) is 22.5. The fourth-order valence-corrected chi connectivity index (χ4v) is 3.11. The summed E-state index contributed by atoms with van der Waals surface area (Å²) in [5.74, 6) is 0. The third-order valence-electron chi connectivity index (χ3n) is 3.33. The molecule has 1 unspecified atom stereocenters. The Morgan fingerprint density at radius 3 is 2.82 bits per heavy atom. The summed E-state index contributed by atoms with van der Waals surface area (Å²) in [4.78, 5) is 4.86. The minimum Gasteiger partial charge on any atom is -0.399 e. The number of anilines is 2. The highest BCUT2D eigenvalue weighted by molar-refractivity contribution is 9.10. The first-order chi connectivity index (χ1) is 8.08. The van der Waals surface area contributed by atoms with Crippen LogP contribution in [-0.2, 0) is 0 Å². The molecule has 3 nitrogen and oxygen atoms in total. The zero-order valence-electron chi connectivity index (χ0n) is 10.5. The summed E-state index contributed by atoms with van der Waals surface area (Å²) in [6, 6.07) is 6.60. The summed E-state index contributed by atoms with van der Waals surface area (Å²) >= 11 is 3.62. The second kappa shape index (κ2) is 5.27. The van der Waals surface area contributed by atoms with Crippen molar-refractivity contribution in [3.8, 4) is 0 Å². The van der Waals surface area contributed by atoms with E-state index in [2.05, 4.69) is 45.8 Å². The minimum atomic E-state index is 0.530. The van der Waals surface area contributed by atoms with E-state index in [4.69, 9.17) is 5.73 Å². The van der Waals surface area contributed by atoms with Crippen LogP contribution in [0.3, 0.4) is 0 Å². The van der Waals surface area contributed by atoms with E-state index >= 15 is 0 Å². The summed E-state index contributed by atoms with van der Waals surface area (Å²) in [6.07, 6.45) is 1.21. The van der Waals surface area contributed by atoms with Gasteiger partial charge in [-0.3, -0.25) is 0 Å². The molecule has 1 aromatic rings. The lowest BCUT2D eigenvalue weighted by atomic mass is 10.2. The smallest absolute Gasteiger partial charge is 0.0515 e. The average molecular weight is 298 g/mol. The van der Waals surface area contributed by atoms with E-state index in [1.807, 2.05) is 12.1 Å². The Bertz CT molecular complexity index is 394. The van der Waals surface area contributed by atoms with Gasteiger partial charge in [-0.05, 0) is 61.1 Å². The lowest BCUT2D eigenvalue weighted by Gasteiger charge is -2.31. The Morgan fingerprint density at radius 2 is 2.12 bits per heavy atom. The second-order valence-electron chi connectivity index (χ2n) is 4.87. The Labute approximate surface area is 112 Å². The van der Waals surface area contributed by atoms with Crippen LogP contribution in [0.25, 0.3) is 0 Å². The molecule has 1 saturated heterocycles. The molecular formula is C13H20BrN3. The maximum Gasteiger partial charge on any atom is 0.0515 e. The fraction of sp³-hybridized carbons (Fsp3) is 0.538. The molecule has 0 aliphatic carbocycles. The van der Waals surface area contributed by atoms with Gasteiger partial charge in [0.25, 0.3) is 0 Å². The van der Waals surface area contributed by atoms with Crippen molar-refractivity contribution in [3.63, 3.8) is 0 Å². The molecule has 4 heteroatoms. The Hall–Kier alpha value is -0.740. The fourth-order valence-electron chi connectivity index (χ4n) is 2.49. The molecule has 1 aliphatic heterocycles. The number of rotatable bonds is 1. The number of nitrogens with two attached hydrogens (primary N) is 1. The average Bonchev–Trinajstić information content (AvgIpc) is 2.40. The molecule has 0 spiro atoms. The molecule has 1 heterocycles. The van der Waals surface area contributed by atoms with E-state index < -0.39 is 0 Å². The van der Waals surface area contributed by atoms with Gasteiger partial charge in [-0.15, -0.1) is 0 Å². The van der Waals surface area contributed by atoms with Crippen molar-refractivity contribution in [1.29, 1.82) is 0 Å². The Kier molecular flexibility index (Phi) is 3.94. The molecule has 0 saturated carbocycles. The highest BCUT2D eigenvalue weighted by Gasteiger charge is 2.21. The van der Waals surface area contributed by atoms with Gasteiger partial charge in [0, 0.05) is 29.3 Å². The zero-order valence-corrected chi connectivity index (χ0v) is 12.1. The third-order valence-corrected chi connectivity index (χ3v) is 3.96. The summed E-state index contributed by atoms with van der Waals surface area (Å²) in [5.41, 5.74) is 7.85. The molecule has 0 amide bonds. The van der Waals surface area contributed by atoms with Crippen LogP contribution in [0.4, 0.5) is 11.4 Å². The van der Waals surface area contributed by atoms with Gasteiger partial charge < -0.3 is 15.5 Å². The van der Waals surface area contributed by atoms with Crippen LogP contribution in [0.1, 0.15) is 13.3 Å². The molecule has 1 aliphatic rings. The second-order valence-corrected chi connectivity index (χ2v) is 5.72. The van der Waals surface area contributed by atoms with Gasteiger partial charge in [0.05, 0.1) is 5.69 Å². The quantitative estimate of drug-likeness (QED) is 0.809. The number of hydrogen-bond acceptors (Lipinski definition) is 3. The molecule has 1 aromatic carbocycles. The molecular weight excluding hydrogens is 278 g/mol. The van der Waals surface area contributed by atoms with Crippen molar-refractivity contribution >= 4 is 27.3 Å². The maximum absolute atomic E-state index is 5.79. The summed E-state index contributed by atoms with van der Waals surface area (Å²) in [6.45, 7) is 5.67. The highest BCUT2D eigenvalue weighted by Crippen LogP contribution is 2.30. The van der Waals surface area contributed by atoms with Crippen LogP contribution in [-0.4, -0.2) is 37.6 Å². The maximum atomic E-state index is 5.79. The summed E-state index contributed by atoms with van der Waals surface area (Å²) in [7, 11) is 2.19. The van der Waals surface area contributed by atoms with Crippen molar-refractivity contribution < 1.29 is 0 Å². The number of nitrogens with zero attached hydrogens (tertiary/aromatic N) is 2. The first-order valence-corrected chi connectivity index (χ1v) is 6.87. The predicted molar refractivity (Wildman–Crippen MR) is 77.5 cm³/mol. The molecule has 0 radical (unpaired) electrons. The van der Waals surface area contributed by atoms with Gasteiger partial charge in [0.15, 0.2) is 0 Å². The van der Waals surface area contributed by atoms with Crippen LogP contribution >= 0.6 is 15.9 Å². The third kappa shape index (κ3) is 2.93. The van der Waals surface area contributed by atoms with Gasteiger partial charge >= 0.3 is 0 Å². The van der Waals surface area contributed by atoms with Gasteiger partial charge in [-0.1, -0.05) is 0 Å². The number of nitrogen functional groups attached to an aromatic ring is 1. The van der Waals surface area contributed by atoms with Gasteiger partial charge in [-0.25, -0.2) is 0 Å². The molecule has 0 bridgehead atoms. The largest absolute Gasteiger partial charge is 0.399 e. The van der Waals surface area contributed by atoms with E-state index in [1.165, 1.54) is 18.7 Å². The minimum absolute atomic E-state index is 0.530. The number of hydrogen-bond donors (Lipinski definition) is 1. The van der Waals surface area contributed by atoms with Crippen molar-refractivity contribution in [2.75, 3.05) is 37.3 Å². The van der Waals surface area contributed by atoms with Gasteiger partial charge in [0.1, 0.15) is 0 Å². The van der Waals surface area contributed by atoms with Crippen molar-refractivity contribution in [2.24, 2.45) is 0 Å². The van der Waals surface area contributed by atoms with E-state index in [1.54, 1.807) is 0 Å². The number of halogens is 1. The molecule has 1 fully saturated rings. The molecule has 1 atom stereocenters. The van der Waals surface area contributed by atoms with E-state index in [9.17, 15) is 0 Å². The van der Waals surface area contributed by atoms with Crippen LogP contribution in [0.2, 0.25) is 0 Å². The molecule has 0 aromatic heterocycles. The number of likely N-dealkylation sites (N-methyl/N-ethyl adjacent to an activating group) is 1. The van der Waals surface area contributed by atoms with Crippen LogP contribution < -0.4 is 10.6 Å². The SMILES string of the molecule is CC1CN(C)CCCN1c1ccc(N)cc1Br. The van der Waals surface area contributed by atoms with Crippen LogP contribution in [0, 0.1) is 0 Å². The monoisotopic (exact) mass is 297 g/mol. The lowest BCUT2D eigenvalue weighted by molar-refractivity contribution is 0.337. The molecule has 17 heavy (non-hydrogen) atoms. The zero-order chi connectivity index (χ0) is 12.4. The van der Waals surface area contributed by atoms with E-state index in [-0.39, 0.29) is 0 Å². The van der Waals surface area contributed by atoms with Crippen molar-refractivity contribution in [1.82, 2.24) is 4.90 Å². The first-order valence-electron chi connectivity index (χ1n) is 6.08. The first kappa shape index (κ1) is 12.7. The molecule has 94 valence electrons. The van der Waals surface area contributed by atoms with Crippen LogP contribution in [0.5, 0.6) is 0 Å². The Morgan fingerprint density at radius 1 is 1.35 bits per heavy atom. The van der Waals surface area contributed by atoms with E-state index in [0.717, 1.165) is 23.2 Å². The summed E-state index contributed by atoms with van der Waals surface area (Å²) in [5, 5.41) is 0. The molecule has 2 N–H and O–H groups in total. The number of benzene rings is 1. The van der Waals surface area contributed by atoms with Gasteiger partial charge in [-0.2, -0.15) is 0 Å². The highest BCUT2D eigenvalue weighted by atomic mass is 79.9. The van der Waals surface area contributed by atoms with E-state index in [0.29, 0.717) is 6.04 Å². The standard InChI is InChI=1S/C13H20BrN3/c1-10-9-16(2)6-3-7-17(10)13-5-4-11(15)8-12(13)14/h4-5,8,10H,3,6-7,9,15H2,1-2H3. The van der Waals surface area contributed by atoms with Crippen molar-refractivity contribution in [3.05, 3.63) is 22.7 Å². The van der Waals surface area contributed by atoms with Crippen molar-refractivity contribution in [2.45, 2.75) is 19.4 Å². The topological polar surface area (TPSA) is 32.5 Å². The predicted octanol–water partition coefficient (Wildman–Crippen LogP) is 2.56. The summed E-state index contributed by atoms with van der Waals surface area (Å²) < 4.78 is 1.09. The Balaban J connectivity index is 2.25. The van der Waals surface area contributed by atoms with Gasteiger partial charge in [0.2, 0.25) is 0 Å². The molecule has 2 rings (SSSR count). The van der Waals surface area contributed by atoms with Crippen LogP contribution in [0.15, 0.2) is 22.7 Å².